The van der Waals surface area contributed by atoms with E-state index >= 15 is 0 Å². The summed E-state index contributed by atoms with van der Waals surface area (Å²) >= 11 is 0. The van der Waals surface area contributed by atoms with Gasteiger partial charge in [-0.15, -0.1) is 0 Å². The van der Waals surface area contributed by atoms with Crippen molar-refractivity contribution in [1.82, 2.24) is 24.4 Å². The molecule has 1 fully saturated rings. The lowest BCUT2D eigenvalue weighted by Crippen LogP contribution is -2.42. The van der Waals surface area contributed by atoms with Gasteiger partial charge in [-0.3, -0.25) is 4.79 Å². The highest BCUT2D eigenvalue weighted by atomic mass is 16.3. The van der Waals surface area contributed by atoms with Gasteiger partial charge in [0, 0.05) is 25.4 Å². The molecule has 4 rings (SSSR count). The molecule has 0 bridgehead atoms. The summed E-state index contributed by atoms with van der Waals surface area (Å²) in [6.07, 6.45) is 5.84. The number of imidazole rings is 2. The van der Waals surface area contributed by atoms with Gasteiger partial charge in [-0.25, -0.2) is 9.97 Å². The van der Waals surface area contributed by atoms with Crippen molar-refractivity contribution < 1.29 is 9.90 Å². The molecule has 0 unspecified atom stereocenters. The Balaban J connectivity index is 1.30. The number of aryl methyl sites for hydroxylation is 3. The minimum absolute atomic E-state index is 0.00544. The number of nitrogens with zero attached hydrogens (tertiary/aromatic N) is 4. The first-order valence-electron chi connectivity index (χ1n) is 9.93. The monoisotopic (exact) mass is 381 g/mol. The van der Waals surface area contributed by atoms with Crippen LogP contribution in [0.25, 0.3) is 11.0 Å². The number of para-hydroxylation sites is 2. The van der Waals surface area contributed by atoms with Crippen LogP contribution in [0.2, 0.25) is 0 Å². The Morgan fingerprint density at radius 2 is 2.07 bits per heavy atom. The Morgan fingerprint density at radius 1 is 1.25 bits per heavy atom. The fraction of sp³-hybridized carbons (Fsp3) is 0.476. The molecule has 3 atom stereocenters. The standard InChI is InChI=1S/C21H27N5O2/c1-14-22-11-13-26(14)19-10-9-17(21(19)28)24-20(27)8-5-12-25-15(2)23-16-6-3-4-7-18(16)25/h3-4,6-7,11,13,17,19,21,28H,5,8-10,12H2,1-2H3,(H,24,27)/t17-,19-,21-/m1/s1. The average Bonchev–Trinajstić information content (AvgIpc) is 3.34. The fourth-order valence-electron chi connectivity index (χ4n) is 4.31. The lowest BCUT2D eigenvalue weighted by molar-refractivity contribution is -0.122. The van der Waals surface area contributed by atoms with Gasteiger partial charge in [-0.05, 0) is 45.2 Å². The van der Waals surface area contributed by atoms with E-state index in [1.54, 1.807) is 6.20 Å². The fourth-order valence-corrected chi connectivity index (χ4v) is 4.31. The van der Waals surface area contributed by atoms with Crippen molar-refractivity contribution in [1.29, 1.82) is 0 Å². The normalized spacial score (nSPS) is 22.0. The number of aromatic nitrogens is 4. The van der Waals surface area contributed by atoms with E-state index in [-0.39, 0.29) is 18.0 Å². The van der Waals surface area contributed by atoms with E-state index in [1.807, 2.05) is 42.8 Å². The number of carbonyl (C=O) groups is 1. The summed E-state index contributed by atoms with van der Waals surface area (Å²) in [6.45, 7) is 4.68. The Hall–Kier alpha value is -2.67. The van der Waals surface area contributed by atoms with E-state index in [1.165, 1.54) is 0 Å². The second-order valence-corrected chi connectivity index (χ2v) is 7.59. The van der Waals surface area contributed by atoms with Gasteiger partial charge in [0.2, 0.25) is 5.91 Å². The molecular weight excluding hydrogens is 354 g/mol. The van der Waals surface area contributed by atoms with Gasteiger partial charge in [0.15, 0.2) is 0 Å². The molecule has 2 heterocycles. The smallest absolute Gasteiger partial charge is 0.220 e. The summed E-state index contributed by atoms with van der Waals surface area (Å²) in [4.78, 5) is 21.2. The number of nitrogens with one attached hydrogen (secondary N) is 1. The molecule has 3 aromatic rings. The maximum absolute atomic E-state index is 12.4. The topological polar surface area (TPSA) is 85.0 Å². The average molecular weight is 381 g/mol. The lowest BCUT2D eigenvalue weighted by Gasteiger charge is -2.22. The van der Waals surface area contributed by atoms with Gasteiger partial charge in [-0.1, -0.05) is 12.1 Å². The summed E-state index contributed by atoms with van der Waals surface area (Å²) in [6, 6.07) is 7.83. The zero-order valence-corrected chi connectivity index (χ0v) is 16.4. The first-order chi connectivity index (χ1) is 13.5. The van der Waals surface area contributed by atoms with Crippen molar-refractivity contribution in [2.75, 3.05) is 0 Å². The molecule has 7 heteroatoms. The quantitative estimate of drug-likeness (QED) is 0.687. The number of benzene rings is 1. The Bertz CT molecular complexity index is 976. The maximum atomic E-state index is 12.4. The molecule has 0 saturated heterocycles. The van der Waals surface area contributed by atoms with Crippen LogP contribution in [0.3, 0.4) is 0 Å². The predicted octanol–water partition coefficient (Wildman–Crippen LogP) is 2.51. The van der Waals surface area contributed by atoms with Crippen LogP contribution in [0.15, 0.2) is 36.7 Å². The van der Waals surface area contributed by atoms with Crippen LogP contribution in [0.1, 0.15) is 43.4 Å². The molecular formula is C21H27N5O2. The molecule has 1 amide bonds. The minimum atomic E-state index is -0.586. The van der Waals surface area contributed by atoms with E-state index in [4.69, 9.17) is 0 Å². The molecule has 148 valence electrons. The van der Waals surface area contributed by atoms with E-state index in [9.17, 15) is 9.90 Å². The third kappa shape index (κ3) is 3.54. The Morgan fingerprint density at radius 3 is 2.86 bits per heavy atom. The number of fused-ring (bicyclic) bond motifs is 1. The van der Waals surface area contributed by atoms with Crippen LogP contribution < -0.4 is 5.32 Å². The third-order valence-electron chi connectivity index (χ3n) is 5.78. The van der Waals surface area contributed by atoms with Crippen molar-refractivity contribution in [2.45, 2.75) is 64.3 Å². The molecule has 1 saturated carbocycles. The van der Waals surface area contributed by atoms with Gasteiger partial charge in [0.05, 0.1) is 29.2 Å². The van der Waals surface area contributed by atoms with Crippen LogP contribution >= 0.6 is 0 Å². The van der Waals surface area contributed by atoms with Crippen LogP contribution in [-0.4, -0.2) is 42.3 Å². The number of carbonyl (C=O) groups excluding carboxylic acids is 1. The van der Waals surface area contributed by atoms with E-state index < -0.39 is 6.10 Å². The summed E-state index contributed by atoms with van der Waals surface area (Å²) in [5, 5.41) is 13.7. The highest BCUT2D eigenvalue weighted by Crippen LogP contribution is 2.31. The van der Waals surface area contributed by atoms with Crippen molar-refractivity contribution >= 4 is 16.9 Å². The zero-order valence-electron chi connectivity index (χ0n) is 16.4. The molecule has 1 aliphatic rings. The van der Waals surface area contributed by atoms with E-state index in [2.05, 4.69) is 25.9 Å². The molecule has 7 nitrogen and oxygen atoms in total. The molecule has 1 aliphatic carbocycles. The molecule has 0 aliphatic heterocycles. The van der Waals surface area contributed by atoms with E-state index in [0.29, 0.717) is 6.42 Å². The van der Waals surface area contributed by atoms with Gasteiger partial charge in [0.25, 0.3) is 0 Å². The van der Waals surface area contributed by atoms with Crippen LogP contribution in [-0.2, 0) is 11.3 Å². The van der Waals surface area contributed by atoms with Crippen molar-refractivity contribution in [3.63, 3.8) is 0 Å². The van der Waals surface area contributed by atoms with Gasteiger partial charge >= 0.3 is 0 Å². The number of hydrogen-bond donors (Lipinski definition) is 2. The largest absolute Gasteiger partial charge is 0.389 e. The van der Waals surface area contributed by atoms with Gasteiger partial charge < -0.3 is 19.6 Å². The number of rotatable bonds is 6. The van der Waals surface area contributed by atoms with Crippen LogP contribution in [0.5, 0.6) is 0 Å². The second-order valence-electron chi connectivity index (χ2n) is 7.59. The Labute approximate surface area is 164 Å². The van der Waals surface area contributed by atoms with Gasteiger partial charge in [0.1, 0.15) is 11.6 Å². The second kappa shape index (κ2) is 7.75. The molecule has 2 N–H and O–H groups in total. The number of amides is 1. The molecule has 0 radical (unpaired) electrons. The number of aliphatic hydroxyl groups excluding tert-OH is 1. The highest BCUT2D eigenvalue weighted by molar-refractivity contribution is 5.77. The SMILES string of the molecule is Cc1nccn1[C@@H]1CC[C@@H](NC(=O)CCCn2c(C)nc3ccccc32)[C@H]1O. The molecule has 2 aromatic heterocycles. The van der Waals surface area contributed by atoms with Crippen molar-refractivity contribution in [3.8, 4) is 0 Å². The molecule has 1 aromatic carbocycles. The minimum Gasteiger partial charge on any atom is -0.389 e. The predicted molar refractivity (Wildman–Crippen MR) is 107 cm³/mol. The Kier molecular flexibility index (Phi) is 5.17. The number of aliphatic hydroxyl groups is 1. The summed E-state index contributed by atoms with van der Waals surface area (Å²) in [5.74, 6) is 1.85. The maximum Gasteiger partial charge on any atom is 0.220 e. The number of hydrogen-bond acceptors (Lipinski definition) is 4. The van der Waals surface area contributed by atoms with Crippen LogP contribution in [0, 0.1) is 13.8 Å². The van der Waals surface area contributed by atoms with Crippen molar-refractivity contribution in [3.05, 3.63) is 48.3 Å². The first-order valence-corrected chi connectivity index (χ1v) is 9.93. The molecule has 0 spiro atoms. The first kappa shape index (κ1) is 18.7. The van der Waals surface area contributed by atoms with E-state index in [0.717, 1.165) is 48.5 Å². The highest BCUT2D eigenvalue weighted by Gasteiger charge is 2.36. The molecule has 28 heavy (non-hydrogen) atoms. The summed E-state index contributed by atoms with van der Waals surface area (Å²) in [5.41, 5.74) is 2.09. The zero-order chi connectivity index (χ0) is 19.7. The lowest BCUT2D eigenvalue weighted by atomic mass is 10.1. The summed E-state index contributed by atoms with van der Waals surface area (Å²) < 4.78 is 4.16. The van der Waals surface area contributed by atoms with Crippen LogP contribution in [0.4, 0.5) is 0 Å². The van der Waals surface area contributed by atoms with Crippen molar-refractivity contribution in [2.24, 2.45) is 0 Å². The third-order valence-corrected chi connectivity index (χ3v) is 5.78. The van der Waals surface area contributed by atoms with Gasteiger partial charge in [-0.2, -0.15) is 0 Å². The summed E-state index contributed by atoms with van der Waals surface area (Å²) in [7, 11) is 0.